The molecule has 3 atom stereocenters. The van der Waals surface area contributed by atoms with Gasteiger partial charge in [0.25, 0.3) is 0 Å². The van der Waals surface area contributed by atoms with Crippen LogP contribution in [0.3, 0.4) is 0 Å². The molecule has 32 heavy (non-hydrogen) atoms. The number of aromatic amines is 1. The molecular formula is C20H26F3N5O3S. The number of ether oxygens (including phenoxy) is 1. The Balaban J connectivity index is 1.43. The van der Waals surface area contributed by atoms with Crippen LogP contribution in [0.25, 0.3) is 0 Å². The number of alkyl halides is 3. The summed E-state index contributed by atoms with van der Waals surface area (Å²) in [6.45, 7) is 3.28. The Kier molecular flexibility index (Phi) is 7.75. The summed E-state index contributed by atoms with van der Waals surface area (Å²) in [6.07, 6.45) is -1.59. The van der Waals surface area contributed by atoms with Crippen molar-refractivity contribution in [2.24, 2.45) is 5.92 Å². The molecule has 0 bridgehead atoms. The quantitative estimate of drug-likeness (QED) is 0.530. The lowest BCUT2D eigenvalue weighted by Crippen LogP contribution is -2.45. The molecule has 2 aromatic heterocycles. The van der Waals surface area contributed by atoms with Crippen LogP contribution in [0.15, 0.2) is 12.3 Å². The summed E-state index contributed by atoms with van der Waals surface area (Å²) in [5.41, 5.74) is 0.865. The van der Waals surface area contributed by atoms with Crippen molar-refractivity contribution in [3.8, 4) is 0 Å². The number of nitrogens with zero attached hydrogens (tertiary/aromatic N) is 2. The average molecular weight is 474 g/mol. The first-order valence-electron chi connectivity index (χ1n) is 10.4. The summed E-state index contributed by atoms with van der Waals surface area (Å²) < 4.78 is 43.2. The molecule has 8 nitrogen and oxygen atoms in total. The SMILES string of the molecule is CCC(NC(=O)OCC1CC[C@H](c2cc(NC(=O)Cc3cnc(C)s3)n[nH]2)C1)C(F)(F)F. The van der Waals surface area contributed by atoms with E-state index in [-0.39, 0.29) is 37.2 Å². The number of amides is 2. The zero-order valence-electron chi connectivity index (χ0n) is 17.8. The number of hydrogen-bond donors (Lipinski definition) is 3. The number of rotatable bonds is 8. The first kappa shape index (κ1) is 24.0. The largest absolute Gasteiger partial charge is 0.449 e. The zero-order valence-corrected chi connectivity index (χ0v) is 18.6. The molecule has 12 heteroatoms. The number of thiazole rings is 1. The number of alkyl carbamates (subject to hydrolysis) is 1. The molecule has 0 spiro atoms. The predicted molar refractivity (Wildman–Crippen MR) is 112 cm³/mol. The van der Waals surface area contributed by atoms with Crippen LogP contribution in [0.4, 0.5) is 23.8 Å². The van der Waals surface area contributed by atoms with E-state index in [4.69, 9.17) is 4.74 Å². The summed E-state index contributed by atoms with van der Waals surface area (Å²) in [4.78, 5) is 28.9. The normalized spacial score (nSPS) is 19.5. The number of H-pyrrole nitrogens is 1. The van der Waals surface area contributed by atoms with Crippen molar-refractivity contribution >= 4 is 29.2 Å². The topological polar surface area (TPSA) is 109 Å². The van der Waals surface area contributed by atoms with Crippen molar-refractivity contribution in [1.29, 1.82) is 0 Å². The average Bonchev–Trinajstić information content (AvgIpc) is 3.45. The van der Waals surface area contributed by atoms with Gasteiger partial charge in [0, 0.05) is 28.8 Å². The summed E-state index contributed by atoms with van der Waals surface area (Å²) in [6, 6.07) is -0.129. The smallest absolute Gasteiger partial charge is 0.408 e. The second-order valence-corrected chi connectivity index (χ2v) is 9.22. The maximum atomic E-state index is 12.7. The fourth-order valence-corrected chi connectivity index (χ4v) is 4.54. The number of anilines is 1. The Morgan fingerprint density at radius 1 is 1.38 bits per heavy atom. The van der Waals surface area contributed by atoms with Crippen molar-refractivity contribution in [3.63, 3.8) is 0 Å². The third-order valence-electron chi connectivity index (χ3n) is 5.40. The highest BCUT2D eigenvalue weighted by Gasteiger charge is 2.39. The number of aryl methyl sites for hydroxylation is 1. The Hall–Kier alpha value is -2.63. The second kappa shape index (κ2) is 10.3. The Labute approximate surface area is 187 Å². The summed E-state index contributed by atoms with van der Waals surface area (Å²) in [7, 11) is 0. The van der Waals surface area contributed by atoms with Gasteiger partial charge in [-0.1, -0.05) is 6.92 Å². The minimum atomic E-state index is -4.50. The molecule has 2 amide bonds. The van der Waals surface area contributed by atoms with Gasteiger partial charge in [0.2, 0.25) is 5.91 Å². The van der Waals surface area contributed by atoms with Gasteiger partial charge in [-0.05, 0) is 38.5 Å². The number of carbonyl (C=O) groups is 2. The Morgan fingerprint density at radius 2 is 2.16 bits per heavy atom. The molecule has 2 unspecified atom stereocenters. The van der Waals surface area contributed by atoms with Crippen LogP contribution >= 0.6 is 11.3 Å². The van der Waals surface area contributed by atoms with Crippen molar-refractivity contribution in [1.82, 2.24) is 20.5 Å². The van der Waals surface area contributed by atoms with Crippen molar-refractivity contribution in [3.05, 3.63) is 27.8 Å². The fourth-order valence-electron chi connectivity index (χ4n) is 3.74. The van der Waals surface area contributed by atoms with Gasteiger partial charge in [-0.3, -0.25) is 9.89 Å². The molecule has 176 valence electrons. The third kappa shape index (κ3) is 6.68. The Morgan fingerprint density at radius 3 is 2.81 bits per heavy atom. The molecule has 2 aromatic rings. The monoisotopic (exact) mass is 473 g/mol. The summed E-state index contributed by atoms with van der Waals surface area (Å²) in [5, 5.41) is 12.6. The lowest BCUT2D eigenvalue weighted by molar-refractivity contribution is -0.154. The first-order chi connectivity index (χ1) is 15.1. The van der Waals surface area contributed by atoms with Crippen LogP contribution in [0.2, 0.25) is 0 Å². The van der Waals surface area contributed by atoms with Gasteiger partial charge >= 0.3 is 12.3 Å². The van der Waals surface area contributed by atoms with Crippen molar-refractivity contribution in [2.75, 3.05) is 11.9 Å². The molecule has 3 N–H and O–H groups in total. The number of nitrogens with one attached hydrogen (secondary N) is 3. The molecule has 0 radical (unpaired) electrons. The van der Waals surface area contributed by atoms with Crippen LogP contribution in [0.1, 0.15) is 54.1 Å². The molecule has 0 saturated heterocycles. The van der Waals surface area contributed by atoms with Crippen LogP contribution in [-0.2, 0) is 16.0 Å². The van der Waals surface area contributed by atoms with Crippen molar-refractivity contribution in [2.45, 2.75) is 64.1 Å². The predicted octanol–water partition coefficient (Wildman–Crippen LogP) is 4.31. The maximum Gasteiger partial charge on any atom is 0.408 e. The Bertz CT molecular complexity index is 930. The molecule has 1 aliphatic carbocycles. The molecule has 1 aliphatic rings. The standard InChI is InChI=1S/C20H26F3N5O3S/c1-3-16(20(21,22)23)25-19(30)31-10-12-4-5-13(6-12)15-8-17(28-27-15)26-18(29)7-14-9-24-11(2)32-14/h8-9,12-13,16H,3-7,10H2,1-2H3,(H,25,30)(H2,26,27,28,29)/t12?,13-,16?/m0/s1. The summed E-state index contributed by atoms with van der Waals surface area (Å²) >= 11 is 1.47. The van der Waals surface area contributed by atoms with E-state index in [1.807, 2.05) is 12.2 Å². The van der Waals surface area contributed by atoms with Gasteiger partial charge in [-0.2, -0.15) is 18.3 Å². The first-order valence-corrected chi connectivity index (χ1v) is 11.2. The number of aromatic nitrogens is 3. The number of hydrogen-bond acceptors (Lipinski definition) is 6. The van der Waals surface area contributed by atoms with E-state index in [0.29, 0.717) is 12.2 Å². The third-order valence-corrected chi connectivity index (χ3v) is 6.31. The van der Waals surface area contributed by atoms with Crippen LogP contribution in [0, 0.1) is 12.8 Å². The molecule has 2 heterocycles. The van der Waals surface area contributed by atoms with E-state index in [1.54, 1.807) is 12.3 Å². The highest BCUT2D eigenvalue weighted by atomic mass is 32.1. The molecule has 0 aromatic carbocycles. The van der Waals surface area contributed by atoms with E-state index in [9.17, 15) is 22.8 Å². The maximum absolute atomic E-state index is 12.7. The zero-order chi connectivity index (χ0) is 23.3. The minimum absolute atomic E-state index is 0.0487. The molecule has 3 rings (SSSR count). The van der Waals surface area contributed by atoms with Crippen LogP contribution < -0.4 is 10.6 Å². The fraction of sp³-hybridized carbons (Fsp3) is 0.600. The lowest BCUT2D eigenvalue weighted by Gasteiger charge is -2.20. The minimum Gasteiger partial charge on any atom is -0.449 e. The molecule has 0 aliphatic heterocycles. The molecule has 1 saturated carbocycles. The molecular weight excluding hydrogens is 447 g/mol. The van der Waals surface area contributed by atoms with Gasteiger partial charge in [-0.15, -0.1) is 11.3 Å². The van der Waals surface area contributed by atoms with E-state index in [1.165, 1.54) is 18.3 Å². The lowest BCUT2D eigenvalue weighted by atomic mass is 10.0. The van der Waals surface area contributed by atoms with Crippen LogP contribution in [0.5, 0.6) is 0 Å². The van der Waals surface area contributed by atoms with E-state index < -0.39 is 18.3 Å². The van der Waals surface area contributed by atoms with Gasteiger partial charge in [0.1, 0.15) is 6.04 Å². The van der Waals surface area contributed by atoms with Gasteiger partial charge < -0.3 is 15.4 Å². The van der Waals surface area contributed by atoms with Gasteiger partial charge in [0.15, 0.2) is 5.82 Å². The van der Waals surface area contributed by atoms with E-state index >= 15 is 0 Å². The van der Waals surface area contributed by atoms with Gasteiger partial charge in [-0.25, -0.2) is 9.78 Å². The van der Waals surface area contributed by atoms with E-state index in [2.05, 4.69) is 20.5 Å². The van der Waals surface area contributed by atoms with Crippen LogP contribution in [-0.4, -0.2) is 46.0 Å². The van der Waals surface area contributed by atoms with Crippen molar-refractivity contribution < 1.29 is 27.5 Å². The van der Waals surface area contributed by atoms with Gasteiger partial charge in [0.05, 0.1) is 18.0 Å². The number of carbonyl (C=O) groups excluding carboxylic acids is 2. The molecule has 1 fully saturated rings. The summed E-state index contributed by atoms with van der Waals surface area (Å²) in [5.74, 6) is 0.447. The number of halogens is 3. The van der Waals surface area contributed by atoms with E-state index in [0.717, 1.165) is 28.4 Å². The second-order valence-electron chi connectivity index (χ2n) is 7.90. The highest BCUT2D eigenvalue weighted by Crippen LogP contribution is 2.38. The highest BCUT2D eigenvalue weighted by molar-refractivity contribution is 7.11.